The minimum Gasteiger partial charge on any atom is -0.206 e. The normalized spacial score (nSPS) is 13.5. The van der Waals surface area contributed by atoms with Crippen LogP contribution in [0.3, 0.4) is 0 Å². The van der Waals surface area contributed by atoms with E-state index in [1.165, 1.54) is 23.5 Å². The zero-order chi connectivity index (χ0) is 14.9. The summed E-state index contributed by atoms with van der Waals surface area (Å²) < 4.78 is 52.0. The van der Waals surface area contributed by atoms with Crippen molar-refractivity contribution < 1.29 is 17.6 Å². The Kier molecular flexibility index (Phi) is 4.39. The maximum Gasteiger partial charge on any atom is 0.419 e. The molecule has 0 aliphatic carbocycles. The van der Waals surface area contributed by atoms with Gasteiger partial charge in [-0.3, -0.25) is 0 Å². The first kappa shape index (κ1) is 15.3. The molecule has 0 nitrogen and oxygen atoms in total. The molecule has 0 radical (unpaired) electrons. The van der Waals surface area contributed by atoms with E-state index in [4.69, 9.17) is 11.6 Å². The van der Waals surface area contributed by atoms with Crippen LogP contribution in [-0.4, -0.2) is 0 Å². The van der Waals surface area contributed by atoms with Crippen LogP contribution in [0.5, 0.6) is 0 Å². The molecule has 1 aromatic carbocycles. The number of aryl methyl sites for hydroxylation is 1. The highest BCUT2D eigenvalue weighted by atomic mass is 35.5. The highest BCUT2D eigenvalue weighted by molar-refractivity contribution is 7.12. The Hall–Kier alpha value is -1.07. The zero-order valence-corrected chi connectivity index (χ0v) is 12.0. The van der Waals surface area contributed by atoms with Gasteiger partial charge in [0.2, 0.25) is 0 Å². The van der Waals surface area contributed by atoms with E-state index in [-0.39, 0.29) is 5.56 Å². The molecule has 6 heteroatoms. The van der Waals surface area contributed by atoms with Gasteiger partial charge in [0.25, 0.3) is 0 Å². The van der Waals surface area contributed by atoms with Crippen LogP contribution in [0, 0.1) is 5.82 Å². The number of hydrogen-bond donors (Lipinski definition) is 0. The van der Waals surface area contributed by atoms with Gasteiger partial charge in [0.1, 0.15) is 5.82 Å². The van der Waals surface area contributed by atoms with Crippen LogP contribution in [-0.2, 0) is 12.6 Å². The lowest BCUT2D eigenvalue weighted by atomic mass is 10.1. The van der Waals surface area contributed by atoms with Gasteiger partial charge < -0.3 is 0 Å². The van der Waals surface area contributed by atoms with E-state index in [1.807, 2.05) is 13.0 Å². The molecule has 1 unspecified atom stereocenters. The predicted octanol–water partition coefficient (Wildman–Crippen LogP) is 5.80. The van der Waals surface area contributed by atoms with Gasteiger partial charge in [-0.25, -0.2) is 4.39 Å². The van der Waals surface area contributed by atoms with E-state index < -0.39 is 22.9 Å². The summed E-state index contributed by atoms with van der Waals surface area (Å²) in [7, 11) is 0. The Bertz CT molecular complexity index is 603. The largest absolute Gasteiger partial charge is 0.419 e. The summed E-state index contributed by atoms with van der Waals surface area (Å²) in [6.45, 7) is 1.96. The lowest BCUT2D eigenvalue weighted by molar-refractivity contribution is -0.140. The van der Waals surface area contributed by atoms with Gasteiger partial charge >= 0.3 is 6.18 Å². The van der Waals surface area contributed by atoms with Crippen LogP contribution < -0.4 is 0 Å². The first-order valence-electron chi connectivity index (χ1n) is 5.93. The van der Waals surface area contributed by atoms with Gasteiger partial charge in [-0.2, -0.15) is 13.2 Å². The highest BCUT2D eigenvalue weighted by Gasteiger charge is 2.35. The first-order chi connectivity index (χ1) is 9.34. The van der Waals surface area contributed by atoms with Gasteiger partial charge in [-0.05, 0) is 24.6 Å². The second-order valence-corrected chi connectivity index (χ2v) is 5.86. The van der Waals surface area contributed by atoms with E-state index in [9.17, 15) is 17.6 Å². The third-order valence-electron chi connectivity index (χ3n) is 2.89. The molecule has 0 N–H and O–H groups in total. The Labute approximate surface area is 123 Å². The van der Waals surface area contributed by atoms with Crippen LogP contribution in [0.15, 0.2) is 30.3 Å². The molecule has 0 bridgehead atoms. The summed E-state index contributed by atoms with van der Waals surface area (Å²) in [5.74, 6) is -1.30. The monoisotopic (exact) mass is 322 g/mol. The van der Waals surface area contributed by atoms with Crippen LogP contribution in [0.4, 0.5) is 17.6 Å². The fourth-order valence-corrected chi connectivity index (χ4v) is 3.16. The minimum atomic E-state index is -4.72. The second-order valence-electron chi connectivity index (χ2n) is 4.23. The molecule has 0 aliphatic heterocycles. The molecule has 1 atom stereocenters. The van der Waals surface area contributed by atoms with Gasteiger partial charge in [0.05, 0.1) is 10.9 Å². The SMILES string of the molecule is CCc1ccc(C(Cl)c2cccc(C(F)(F)F)c2F)s1. The van der Waals surface area contributed by atoms with Crippen LogP contribution in [0.2, 0.25) is 0 Å². The molecule has 0 saturated carbocycles. The third kappa shape index (κ3) is 2.99. The smallest absolute Gasteiger partial charge is 0.206 e. The molecular weight excluding hydrogens is 312 g/mol. The van der Waals surface area contributed by atoms with E-state index in [0.717, 1.165) is 11.3 Å². The van der Waals surface area contributed by atoms with Crippen molar-refractivity contribution >= 4 is 22.9 Å². The van der Waals surface area contributed by atoms with Crippen molar-refractivity contribution in [1.82, 2.24) is 0 Å². The number of alkyl halides is 4. The average molecular weight is 323 g/mol. The average Bonchev–Trinajstić information content (AvgIpc) is 2.85. The molecule has 108 valence electrons. The Morgan fingerprint density at radius 1 is 1.20 bits per heavy atom. The number of rotatable bonds is 3. The van der Waals surface area contributed by atoms with Gasteiger partial charge in [-0.15, -0.1) is 22.9 Å². The van der Waals surface area contributed by atoms with Crippen molar-refractivity contribution in [3.63, 3.8) is 0 Å². The number of hydrogen-bond acceptors (Lipinski definition) is 1. The predicted molar refractivity (Wildman–Crippen MR) is 72.8 cm³/mol. The number of thiophene rings is 1. The molecule has 20 heavy (non-hydrogen) atoms. The highest BCUT2D eigenvalue weighted by Crippen LogP contribution is 2.39. The number of halogens is 5. The van der Waals surface area contributed by atoms with E-state index in [0.29, 0.717) is 10.9 Å². The van der Waals surface area contributed by atoms with E-state index in [2.05, 4.69) is 0 Å². The van der Waals surface area contributed by atoms with Crippen molar-refractivity contribution in [1.29, 1.82) is 0 Å². The van der Waals surface area contributed by atoms with Gasteiger partial charge in [-0.1, -0.05) is 19.1 Å². The van der Waals surface area contributed by atoms with E-state index in [1.54, 1.807) is 6.07 Å². The Morgan fingerprint density at radius 3 is 2.45 bits per heavy atom. The van der Waals surface area contributed by atoms with Crippen molar-refractivity contribution in [3.05, 3.63) is 57.0 Å². The molecule has 1 aromatic heterocycles. The number of benzene rings is 1. The van der Waals surface area contributed by atoms with Crippen molar-refractivity contribution in [2.45, 2.75) is 24.9 Å². The molecule has 0 spiro atoms. The first-order valence-corrected chi connectivity index (χ1v) is 7.18. The minimum absolute atomic E-state index is 0.147. The topological polar surface area (TPSA) is 0 Å². The summed E-state index contributed by atoms with van der Waals surface area (Å²) in [6, 6.07) is 6.74. The lowest BCUT2D eigenvalue weighted by Crippen LogP contribution is -2.10. The molecule has 2 rings (SSSR count). The van der Waals surface area contributed by atoms with Crippen LogP contribution in [0.1, 0.15) is 33.2 Å². The second kappa shape index (κ2) is 5.74. The standard InChI is InChI=1S/C14H11ClF4S/c1-2-8-6-7-11(20-8)12(15)9-4-3-5-10(13(9)16)14(17,18)19/h3-7,12H,2H2,1H3. The molecular formula is C14H11ClF4S. The molecule has 0 fully saturated rings. The van der Waals surface area contributed by atoms with Crippen LogP contribution in [0.25, 0.3) is 0 Å². The summed E-state index contributed by atoms with van der Waals surface area (Å²) in [5, 5.41) is -0.914. The summed E-state index contributed by atoms with van der Waals surface area (Å²) in [6.07, 6.45) is -3.92. The quantitative estimate of drug-likeness (QED) is 0.495. The summed E-state index contributed by atoms with van der Waals surface area (Å²) in [5.41, 5.74) is -1.43. The third-order valence-corrected chi connectivity index (χ3v) is 4.78. The van der Waals surface area contributed by atoms with Crippen molar-refractivity contribution in [2.75, 3.05) is 0 Å². The van der Waals surface area contributed by atoms with Crippen LogP contribution >= 0.6 is 22.9 Å². The molecule has 0 saturated heterocycles. The van der Waals surface area contributed by atoms with Gasteiger partial charge in [0, 0.05) is 15.3 Å². The van der Waals surface area contributed by atoms with Crippen molar-refractivity contribution in [2.24, 2.45) is 0 Å². The maximum atomic E-state index is 14.0. The Balaban J connectivity index is 2.42. The molecule has 1 heterocycles. The fraction of sp³-hybridized carbons (Fsp3) is 0.286. The van der Waals surface area contributed by atoms with Gasteiger partial charge in [0.15, 0.2) is 0 Å². The van der Waals surface area contributed by atoms with Crippen molar-refractivity contribution in [3.8, 4) is 0 Å². The zero-order valence-electron chi connectivity index (χ0n) is 10.5. The maximum absolute atomic E-state index is 14.0. The Morgan fingerprint density at radius 2 is 1.90 bits per heavy atom. The fourth-order valence-electron chi connectivity index (χ4n) is 1.84. The van der Waals surface area contributed by atoms with E-state index >= 15 is 0 Å². The summed E-state index contributed by atoms with van der Waals surface area (Å²) >= 11 is 7.51. The molecule has 0 aliphatic rings. The molecule has 0 amide bonds. The summed E-state index contributed by atoms with van der Waals surface area (Å²) in [4.78, 5) is 1.69. The molecule has 2 aromatic rings. The lowest BCUT2D eigenvalue weighted by Gasteiger charge is -2.14.